The second kappa shape index (κ2) is 8.52. The van der Waals surface area contributed by atoms with Gasteiger partial charge >= 0.3 is 0 Å². The lowest BCUT2D eigenvalue weighted by atomic mass is 9.47. The van der Waals surface area contributed by atoms with Crippen LogP contribution >= 0.6 is 0 Å². The van der Waals surface area contributed by atoms with E-state index in [0.29, 0.717) is 36.6 Å². The van der Waals surface area contributed by atoms with E-state index in [1.54, 1.807) is 0 Å². The molecular formula is C25H39N3O2. The van der Waals surface area contributed by atoms with Gasteiger partial charge in [-0.25, -0.2) is 0 Å². The molecule has 166 valence electrons. The molecule has 4 aliphatic rings. The summed E-state index contributed by atoms with van der Waals surface area (Å²) in [5.74, 6) is 2.71. The smallest absolute Gasteiger partial charge is 0.223 e. The van der Waals surface area contributed by atoms with Gasteiger partial charge in [-0.05, 0) is 86.4 Å². The van der Waals surface area contributed by atoms with Crippen molar-refractivity contribution in [3.05, 3.63) is 0 Å². The molecule has 0 aromatic carbocycles. The number of unbranched alkanes of at least 4 members (excludes halogenated alkanes) is 3. The second-order valence-electron chi connectivity index (χ2n) is 11.0. The molecule has 30 heavy (non-hydrogen) atoms. The molecule has 1 aliphatic heterocycles. The van der Waals surface area contributed by atoms with Crippen LogP contribution in [0.3, 0.4) is 0 Å². The molecule has 4 rings (SSSR count). The fourth-order valence-electron chi connectivity index (χ4n) is 7.97. The first kappa shape index (κ1) is 21.7. The normalized spacial score (nSPS) is 42.3. The average molecular weight is 414 g/mol. The Morgan fingerprint density at radius 3 is 2.67 bits per heavy atom. The highest BCUT2D eigenvalue weighted by atomic mass is 16.2. The Labute approximate surface area is 181 Å². The molecule has 1 heterocycles. The first-order chi connectivity index (χ1) is 14.4. The SMILES string of the molecule is C[C@]12CCC(=O)N[C@@H]1CC[C@@H]1[C@@H]2CC[C@]2(C)[C@@H](C(=O)NCCCCCC#N)CC[C@@H]12. The van der Waals surface area contributed by atoms with Gasteiger partial charge in [0.1, 0.15) is 0 Å². The quantitative estimate of drug-likeness (QED) is 0.636. The fraction of sp³-hybridized carbons (Fsp3) is 0.880. The first-order valence-corrected chi connectivity index (χ1v) is 12.3. The van der Waals surface area contributed by atoms with Gasteiger partial charge < -0.3 is 10.6 Å². The van der Waals surface area contributed by atoms with E-state index in [2.05, 4.69) is 30.6 Å². The number of amides is 2. The van der Waals surface area contributed by atoms with Gasteiger partial charge in [0.05, 0.1) is 6.07 Å². The molecular weight excluding hydrogens is 374 g/mol. The Balaban J connectivity index is 1.38. The average Bonchev–Trinajstić information content (AvgIpc) is 3.08. The van der Waals surface area contributed by atoms with Gasteiger partial charge in [-0.1, -0.05) is 20.3 Å². The molecule has 0 spiro atoms. The van der Waals surface area contributed by atoms with Crippen molar-refractivity contribution in [1.29, 1.82) is 5.26 Å². The van der Waals surface area contributed by atoms with E-state index in [0.717, 1.165) is 51.5 Å². The zero-order valence-electron chi connectivity index (χ0n) is 18.8. The number of hydrogen-bond donors (Lipinski definition) is 2. The van der Waals surface area contributed by atoms with Crippen LogP contribution in [-0.4, -0.2) is 24.4 Å². The number of piperidine rings is 1. The maximum Gasteiger partial charge on any atom is 0.223 e. The van der Waals surface area contributed by atoms with Crippen LogP contribution in [0.15, 0.2) is 0 Å². The number of fused-ring (bicyclic) bond motifs is 5. The van der Waals surface area contributed by atoms with Crippen molar-refractivity contribution in [2.45, 2.75) is 96.9 Å². The number of carbonyl (C=O) groups excluding carboxylic acids is 2. The third kappa shape index (κ3) is 3.65. The minimum Gasteiger partial charge on any atom is -0.356 e. The Morgan fingerprint density at radius 1 is 1.07 bits per heavy atom. The molecule has 7 atom stereocenters. The molecule has 4 fully saturated rings. The Bertz CT molecular complexity index is 716. The Morgan fingerprint density at radius 2 is 1.87 bits per heavy atom. The van der Waals surface area contributed by atoms with Crippen LogP contribution in [-0.2, 0) is 9.59 Å². The maximum atomic E-state index is 13.1. The molecule has 0 aromatic heterocycles. The molecule has 5 heteroatoms. The van der Waals surface area contributed by atoms with Crippen molar-refractivity contribution in [1.82, 2.24) is 10.6 Å². The van der Waals surface area contributed by atoms with Crippen molar-refractivity contribution < 1.29 is 9.59 Å². The van der Waals surface area contributed by atoms with E-state index >= 15 is 0 Å². The predicted molar refractivity (Wildman–Crippen MR) is 116 cm³/mol. The summed E-state index contributed by atoms with van der Waals surface area (Å²) in [4.78, 5) is 25.0. The van der Waals surface area contributed by atoms with E-state index in [1.165, 1.54) is 19.3 Å². The predicted octanol–water partition coefficient (Wildman–Crippen LogP) is 4.32. The van der Waals surface area contributed by atoms with E-state index in [4.69, 9.17) is 5.26 Å². The summed E-state index contributed by atoms with van der Waals surface area (Å²) >= 11 is 0. The van der Waals surface area contributed by atoms with E-state index in [1.807, 2.05) is 0 Å². The largest absolute Gasteiger partial charge is 0.356 e. The summed E-state index contributed by atoms with van der Waals surface area (Å²) in [7, 11) is 0. The molecule has 0 bridgehead atoms. The summed E-state index contributed by atoms with van der Waals surface area (Å²) in [6.45, 7) is 5.57. The lowest BCUT2D eigenvalue weighted by molar-refractivity contribution is -0.141. The minimum absolute atomic E-state index is 0.132. The molecule has 0 unspecified atom stereocenters. The highest BCUT2D eigenvalue weighted by Gasteiger charge is 2.61. The van der Waals surface area contributed by atoms with Crippen LogP contribution in [0.5, 0.6) is 0 Å². The number of hydrogen-bond acceptors (Lipinski definition) is 3. The van der Waals surface area contributed by atoms with Gasteiger partial charge in [0, 0.05) is 31.3 Å². The highest BCUT2D eigenvalue weighted by molar-refractivity contribution is 5.80. The molecule has 1 saturated heterocycles. The first-order valence-electron chi connectivity index (χ1n) is 12.3. The molecule has 0 radical (unpaired) electrons. The van der Waals surface area contributed by atoms with Crippen LogP contribution in [0.25, 0.3) is 0 Å². The zero-order chi connectivity index (χ0) is 21.4. The van der Waals surface area contributed by atoms with Gasteiger partial charge in [-0.2, -0.15) is 5.26 Å². The summed E-state index contributed by atoms with van der Waals surface area (Å²) in [6, 6.07) is 2.54. The number of nitrogens with zero attached hydrogens (tertiary/aromatic N) is 1. The number of nitrogens with one attached hydrogen (secondary N) is 2. The van der Waals surface area contributed by atoms with Gasteiger partial charge in [0.15, 0.2) is 0 Å². The third-order valence-electron chi connectivity index (χ3n) is 9.68. The molecule has 3 saturated carbocycles. The van der Waals surface area contributed by atoms with Crippen molar-refractivity contribution in [2.75, 3.05) is 6.54 Å². The Hall–Kier alpha value is -1.57. The van der Waals surface area contributed by atoms with E-state index in [-0.39, 0.29) is 28.6 Å². The summed E-state index contributed by atoms with van der Waals surface area (Å²) < 4.78 is 0. The molecule has 2 amide bonds. The zero-order valence-corrected chi connectivity index (χ0v) is 18.8. The van der Waals surface area contributed by atoms with Crippen molar-refractivity contribution in [3.63, 3.8) is 0 Å². The maximum absolute atomic E-state index is 13.1. The van der Waals surface area contributed by atoms with Gasteiger partial charge in [0.2, 0.25) is 11.8 Å². The van der Waals surface area contributed by atoms with Crippen LogP contribution < -0.4 is 10.6 Å². The standard InChI is InChI=1S/C25H39N3O2/c1-24-13-11-19-17(7-10-21-25(19,2)14-12-22(29)28-21)18(24)8-9-20(24)23(30)27-16-6-4-3-5-15-26/h17-21H,3-14,16H2,1-2H3,(H,27,30)(H,28,29)/t17-,18-,19-,20+,21+,24-,25+/m0/s1. The lowest BCUT2D eigenvalue weighted by Crippen LogP contribution is -2.61. The van der Waals surface area contributed by atoms with Gasteiger partial charge in [-0.3, -0.25) is 9.59 Å². The molecule has 5 nitrogen and oxygen atoms in total. The number of nitriles is 1. The fourth-order valence-corrected chi connectivity index (χ4v) is 7.97. The topological polar surface area (TPSA) is 82.0 Å². The van der Waals surface area contributed by atoms with Crippen LogP contribution in [0, 0.1) is 45.8 Å². The Kier molecular flexibility index (Phi) is 6.15. The van der Waals surface area contributed by atoms with Crippen LogP contribution in [0.4, 0.5) is 0 Å². The summed E-state index contributed by atoms with van der Waals surface area (Å²) in [6.07, 6.45) is 12.1. The monoisotopic (exact) mass is 413 g/mol. The summed E-state index contributed by atoms with van der Waals surface area (Å²) in [5, 5.41) is 15.2. The number of carbonyl (C=O) groups is 2. The van der Waals surface area contributed by atoms with Crippen molar-refractivity contribution in [2.24, 2.45) is 34.5 Å². The van der Waals surface area contributed by atoms with Crippen LogP contribution in [0.2, 0.25) is 0 Å². The summed E-state index contributed by atoms with van der Waals surface area (Å²) in [5.41, 5.74) is 0.370. The lowest BCUT2D eigenvalue weighted by Gasteiger charge is -2.60. The number of rotatable bonds is 6. The van der Waals surface area contributed by atoms with E-state index < -0.39 is 0 Å². The van der Waals surface area contributed by atoms with Gasteiger partial charge in [-0.15, -0.1) is 0 Å². The van der Waals surface area contributed by atoms with Crippen molar-refractivity contribution >= 4 is 11.8 Å². The van der Waals surface area contributed by atoms with Crippen molar-refractivity contribution in [3.8, 4) is 6.07 Å². The van der Waals surface area contributed by atoms with Crippen LogP contribution in [0.1, 0.15) is 90.9 Å². The highest BCUT2D eigenvalue weighted by Crippen LogP contribution is 2.65. The second-order valence-corrected chi connectivity index (χ2v) is 11.0. The van der Waals surface area contributed by atoms with Gasteiger partial charge in [0.25, 0.3) is 0 Å². The molecule has 0 aromatic rings. The third-order valence-corrected chi connectivity index (χ3v) is 9.68. The molecule has 2 N–H and O–H groups in total. The minimum atomic E-state index is 0.132. The van der Waals surface area contributed by atoms with E-state index in [9.17, 15) is 9.59 Å². The molecule has 3 aliphatic carbocycles.